The van der Waals surface area contributed by atoms with E-state index in [0.29, 0.717) is 24.7 Å². The molecule has 3 aromatic carbocycles. The molecule has 3 heteroatoms. The molecule has 3 aromatic rings. The van der Waals surface area contributed by atoms with Gasteiger partial charge in [0.25, 0.3) is 0 Å². The van der Waals surface area contributed by atoms with Crippen molar-refractivity contribution in [3.8, 4) is 0 Å². The Bertz CT molecular complexity index is 1180. The van der Waals surface area contributed by atoms with Gasteiger partial charge < -0.3 is 10.4 Å². The maximum Gasteiger partial charge on any atom is 0.0934 e. The lowest BCUT2D eigenvalue weighted by molar-refractivity contribution is 0.391. The van der Waals surface area contributed by atoms with Gasteiger partial charge in [0.1, 0.15) is 0 Å². The highest BCUT2D eigenvalue weighted by atomic mass is 19.1. The molecule has 1 aliphatic rings. The van der Waals surface area contributed by atoms with Crippen molar-refractivity contribution >= 4 is 5.69 Å². The van der Waals surface area contributed by atoms with E-state index in [2.05, 4.69) is 86.4 Å². The third kappa shape index (κ3) is 7.25. The summed E-state index contributed by atoms with van der Waals surface area (Å²) in [6.07, 6.45) is 7.48. The van der Waals surface area contributed by atoms with Gasteiger partial charge in [0.05, 0.1) is 12.4 Å². The zero-order valence-corrected chi connectivity index (χ0v) is 22.5. The molecule has 1 saturated carbocycles. The first-order chi connectivity index (χ1) is 18.0. The molecular formula is C34H42FNO. The number of aliphatic hydroxyl groups is 1. The van der Waals surface area contributed by atoms with Crippen LogP contribution in [0.5, 0.6) is 0 Å². The lowest BCUT2D eigenvalue weighted by atomic mass is 9.93. The standard InChI is InChI=1S/C34H42FNO/c1-4-7-31-25(3)34(17-16-29(31)15-10-24(2)37)36-21-19-28-8-5-6-9-32(28)33-23-30(33)22-27-13-11-26(12-14-27)18-20-35/h5-6,8-9,11-14,16-17,30,33,36-37H,2,4,7,10,15,18-23H2,1,3H3. The minimum atomic E-state index is -0.290. The fourth-order valence-corrected chi connectivity index (χ4v) is 5.68. The molecule has 0 saturated heterocycles. The zero-order chi connectivity index (χ0) is 26.2. The normalized spacial score (nSPS) is 16.5. The Morgan fingerprint density at radius 2 is 1.70 bits per heavy atom. The van der Waals surface area contributed by atoms with Crippen LogP contribution in [0, 0.1) is 12.8 Å². The Balaban J connectivity index is 1.36. The number of rotatable bonds is 14. The van der Waals surface area contributed by atoms with E-state index in [4.69, 9.17) is 0 Å². The summed E-state index contributed by atoms with van der Waals surface area (Å²) >= 11 is 0. The maximum absolute atomic E-state index is 12.6. The SMILES string of the molecule is C=C(O)CCc1ccc(NCCc2ccccc2C2CC2Cc2ccc(CCF)cc2)c(C)c1CCC. The Morgan fingerprint density at radius 1 is 0.946 bits per heavy atom. The fraction of sp³-hybridized carbons (Fsp3) is 0.412. The summed E-state index contributed by atoms with van der Waals surface area (Å²) < 4.78 is 12.6. The van der Waals surface area contributed by atoms with Crippen molar-refractivity contribution in [1.82, 2.24) is 0 Å². The van der Waals surface area contributed by atoms with Gasteiger partial charge in [-0.3, -0.25) is 4.39 Å². The molecule has 0 amide bonds. The quantitative estimate of drug-likeness (QED) is 0.218. The molecule has 0 radical (unpaired) electrons. The number of anilines is 1. The Morgan fingerprint density at radius 3 is 2.43 bits per heavy atom. The van der Waals surface area contributed by atoms with Crippen molar-refractivity contribution in [3.05, 3.63) is 112 Å². The first kappa shape index (κ1) is 27.0. The number of alkyl halides is 1. The number of halogens is 1. The summed E-state index contributed by atoms with van der Waals surface area (Å²) in [5, 5.41) is 13.3. The van der Waals surface area contributed by atoms with Gasteiger partial charge in [-0.05, 0) is 95.9 Å². The van der Waals surface area contributed by atoms with Crippen molar-refractivity contribution < 1.29 is 9.50 Å². The minimum Gasteiger partial charge on any atom is -0.513 e. The van der Waals surface area contributed by atoms with Crippen molar-refractivity contribution in [1.29, 1.82) is 0 Å². The van der Waals surface area contributed by atoms with E-state index < -0.39 is 0 Å². The molecular weight excluding hydrogens is 457 g/mol. The van der Waals surface area contributed by atoms with Gasteiger partial charge in [0.15, 0.2) is 0 Å². The summed E-state index contributed by atoms with van der Waals surface area (Å²) in [5.74, 6) is 1.59. The molecule has 1 aliphatic carbocycles. The number of hydrogen-bond acceptors (Lipinski definition) is 2. The third-order valence-corrected chi connectivity index (χ3v) is 7.87. The second-order valence-corrected chi connectivity index (χ2v) is 10.6. The first-order valence-electron chi connectivity index (χ1n) is 13.9. The summed E-state index contributed by atoms with van der Waals surface area (Å²) in [5.41, 5.74) is 10.7. The average Bonchev–Trinajstić information content (AvgIpc) is 3.66. The van der Waals surface area contributed by atoms with Crippen molar-refractivity contribution in [2.24, 2.45) is 5.92 Å². The summed E-state index contributed by atoms with van der Waals surface area (Å²) in [4.78, 5) is 0. The number of aryl methyl sites for hydroxylation is 2. The fourth-order valence-electron chi connectivity index (χ4n) is 5.68. The van der Waals surface area contributed by atoms with Crippen LogP contribution in [0.15, 0.2) is 73.0 Å². The summed E-state index contributed by atoms with van der Waals surface area (Å²) in [7, 11) is 0. The minimum absolute atomic E-state index is 0.255. The van der Waals surface area contributed by atoms with Crippen LogP contribution < -0.4 is 5.32 Å². The highest BCUT2D eigenvalue weighted by Gasteiger charge is 2.38. The van der Waals surface area contributed by atoms with E-state index >= 15 is 0 Å². The predicted molar refractivity (Wildman–Crippen MR) is 155 cm³/mol. The molecule has 2 atom stereocenters. The highest BCUT2D eigenvalue weighted by molar-refractivity contribution is 5.57. The van der Waals surface area contributed by atoms with Gasteiger partial charge in [0.2, 0.25) is 0 Å². The number of aliphatic hydroxyl groups excluding tert-OH is 1. The second kappa shape index (κ2) is 12.9. The van der Waals surface area contributed by atoms with E-state index in [-0.39, 0.29) is 12.4 Å². The Labute approximate surface area is 222 Å². The lowest BCUT2D eigenvalue weighted by Crippen LogP contribution is -2.10. The molecule has 0 aliphatic heterocycles. The zero-order valence-electron chi connectivity index (χ0n) is 22.5. The van der Waals surface area contributed by atoms with E-state index in [9.17, 15) is 9.50 Å². The largest absolute Gasteiger partial charge is 0.513 e. The van der Waals surface area contributed by atoms with Crippen LogP contribution in [0.1, 0.15) is 71.0 Å². The van der Waals surface area contributed by atoms with Crippen molar-refractivity contribution in [2.45, 2.75) is 71.1 Å². The van der Waals surface area contributed by atoms with E-state index in [1.807, 2.05) is 0 Å². The topological polar surface area (TPSA) is 32.3 Å². The molecule has 2 N–H and O–H groups in total. The van der Waals surface area contributed by atoms with Crippen LogP contribution in [-0.4, -0.2) is 18.3 Å². The number of benzene rings is 3. The number of allylic oxidation sites excluding steroid dienone is 1. The number of nitrogens with one attached hydrogen (secondary N) is 1. The first-order valence-corrected chi connectivity index (χ1v) is 13.9. The smallest absolute Gasteiger partial charge is 0.0934 e. The van der Waals surface area contributed by atoms with Gasteiger partial charge in [0, 0.05) is 25.1 Å². The monoisotopic (exact) mass is 499 g/mol. The van der Waals surface area contributed by atoms with Crippen molar-refractivity contribution in [2.75, 3.05) is 18.5 Å². The molecule has 0 bridgehead atoms. The molecule has 0 heterocycles. The third-order valence-electron chi connectivity index (χ3n) is 7.87. The summed E-state index contributed by atoms with van der Waals surface area (Å²) in [6, 6.07) is 21.9. The number of hydrogen-bond donors (Lipinski definition) is 2. The van der Waals surface area contributed by atoms with E-state index in [1.54, 1.807) is 0 Å². The molecule has 2 nitrogen and oxygen atoms in total. The second-order valence-electron chi connectivity index (χ2n) is 10.6. The van der Waals surface area contributed by atoms with Gasteiger partial charge in [-0.1, -0.05) is 74.5 Å². The summed E-state index contributed by atoms with van der Waals surface area (Å²) in [6.45, 7) is 8.70. The Kier molecular flexibility index (Phi) is 9.44. The van der Waals surface area contributed by atoms with Gasteiger partial charge in [-0.15, -0.1) is 0 Å². The maximum atomic E-state index is 12.6. The lowest BCUT2D eigenvalue weighted by Gasteiger charge is -2.18. The van der Waals surface area contributed by atoms with Crippen LogP contribution in [0.3, 0.4) is 0 Å². The highest BCUT2D eigenvalue weighted by Crippen LogP contribution is 2.50. The molecule has 4 rings (SSSR count). The van der Waals surface area contributed by atoms with Crippen LogP contribution in [0.25, 0.3) is 0 Å². The van der Waals surface area contributed by atoms with E-state index in [1.165, 1.54) is 45.5 Å². The molecule has 0 aromatic heterocycles. The molecule has 1 fully saturated rings. The average molecular weight is 500 g/mol. The van der Waals surface area contributed by atoms with Crippen molar-refractivity contribution in [3.63, 3.8) is 0 Å². The van der Waals surface area contributed by atoms with Gasteiger partial charge >= 0.3 is 0 Å². The van der Waals surface area contributed by atoms with Crippen LogP contribution >= 0.6 is 0 Å². The van der Waals surface area contributed by atoms with Gasteiger partial charge in [-0.25, -0.2) is 0 Å². The Hall–Kier alpha value is -3.07. The molecule has 2 unspecified atom stereocenters. The van der Waals surface area contributed by atoms with Crippen LogP contribution in [-0.2, 0) is 32.1 Å². The molecule has 37 heavy (non-hydrogen) atoms. The molecule has 196 valence electrons. The van der Waals surface area contributed by atoms with Crippen LogP contribution in [0.2, 0.25) is 0 Å². The predicted octanol–water partition coefficient (Wildman–Crippen LogP) is 8.46. The van der Waals surface area contributed by atoms with Crippen LogP contribution in [0.4, 0.5) is 10.1 Å². The molecule has 0 spiro atoms. The van der Waals surface area contributed by atoms with E-state index in [0.717, 1.165) is 44.2 Å². The van der Waals surface area contributed by atoms with Gasteiger partial charge in [-0.2, -0.15) is 0 Å².